The van der Waals surface area contributed by atoms with Crippen LogP contribution in [-0.2, 0) is 9.59 Å². The van der Waals surface area contributed by atoms with Crippen molar-refractivity contribution in [2.75, 3.05) is 18.5 Å². The summed E-state index contributed by atoms with van der Waals surface area (Å²) in [6.45, 7) is 1.58. The van der Waals surface area contributed by atoms with Crippen molar-refractivity contribution in [2.24, 2.45) is 0 Å². The summed E-state index contributed by atoms with van der Waals surface area (Å²) in [6.07, 6.45) is -0.247. The summed E-state index contributed by atoms with van der Waals surface area (Å²) in [5, 5.41) is 13.3. The van der Waals surface area contributed by atoms with E-state index in [1.54, 1.807) is 6.92 Å². The highest BCUT2D eigenvalue weighted by Gasteiger charge is 2.35. The minimum Gasteiger partial charge on any atom is -0.478 e. The summed E-state index contributed by atoms with van der Waals surface area (Å²) in [5.74, 6) is -0.386. The number of carbonyl (C=O) groups is 2. The first-order chi connectivity index (χ1) is 9.97. The molecule has 0 aromatic heterocycles. The number of ether oxygens (including phenoxy) is 1. The molecule has 0 saturated carbocycles. The second-order valence-corrected chi connectivity index (χ2v) is 4.52. The first-order valence-electron chi connectivity index (χ1n) is 6.45. The van der Waals surface area contributed by atoms with Gasteiger partial charge in [0.15, 0.2) is 6.10 Å². The number of carbonyl (C=O) groups excluding carboxylic acids is 2. The van der Waals surface area contributed by atoms with Crippen LogP contribution < -0.4 is 15.0 Å². The normalized spacial score (nSPS) is 17.0. The second-order valence-electron chi connectivity index (χ2n) is 4.52. The zero-order valence-corrected chi connectivity index (χ0v) is 11.7. The van der Waals surface area contributed by atoms with Gasteiger partial charge in [-0.1, -0.05) is 6.92 Å². The highest BCUT2D eigenvalue weighted by Crippen LogP contribution is 2.37. The number of rotatable bonds is 4. The van der Waals surface area contributed by atoms with Crippen molar-refractivity contribution < 1.29 is 19.2 Å². The van der Waals surface area contributed by atoms with Gasteiger partial charge in [-0.25, -0.2) is 0 Å². The SMILES string of the molecule is CCC1Oc2ccc([N+](=O)[O-])cc2N(CC(=O)NC)C1=O. The number of nitro benzene ring substituents is 1. The van der Waals surface area contributed by atoms with Crippen molar-refractivity contribution in [1.29, 1.82) is 0 Å². The molecule has 1 aliphatic heterocycles. The Kier molecular flexibility index (Phi) is 4.06. The van der Waals surface area contributed by atoms with Gasteiger partial charge in [0.2, 0.25) is 5.91 Å². The maximum atomic E-state index is 12.3. The summed E-state index contributed by atoms with van der Waals surface area (Å²) in [4.78, 5) is 35.4. The van der Waals surface area contributed by atoms with E-state index in [2.05, 4.69) is 5.32 Å². The fourth-order valence-electron chi connectivity index (χ4n) is 2.07. The molecule has 21 heavy (non-hydrogen) atoms. The number of anilines is 1. The standard InChI is InChI=1S/C13H15N3O5/c1-3-10-13(18)15(7-12(17)14-2)9-6-8(16(19)20)4-5-11(9)21-10/h4-6,10H,3,7H2,1-2H3,(H,14,17). The lowest BCUT2D eigenvalue weighted by atomic mass is 10.1. The lowest BCUT2D eigenvalue weighted by Gasteiger charge is -2.33. The van der Waals surface area contributed by atoms with E-state index in [1.807, 2.05) is 0 Å². The van der Waals surface area contributed by atoms with Gasteiger partial charge in [-0.15, -0.1) is 0 Å². The van der Waals surface area contributed by atoms with E-state index in [9.17, 15) is 19.7 Å². The van der Waals surface area contributed by atoms with Crippen molar-refractivity contribution in [3.05, 3.63) is 28.3 Å². The van der Waals surface area contributed by atoms with Crippen molar-refractivity contribution in [3.63, 3.8) is 0 Å². The molecule has 1 aromatic rings. The summed E-state index contributed by atoms with van der Waals surface area (Å²) >= 11 is 0. The fourth-order valence-corrected chi connectivity index (χ4v) is 2.07. The Morgan fingerprint density at radius 3 is 2.81 bits per heavy atom. The van der Waals surface area contributed by atoms with Crippen LogP contribution >= 0.6 is 0 Å². The van der Waals surface area contributed by atoms with E-state index in [0.29, 0.717) is 12.2 Å². The van der Waals surface area contributed by atoms with Crippen LogP contribution in [-0.4, -0.2) is 36.4 Å². The molecule has 0 fully saturated rings. The van der Waals surface area contributed by atoms with Gasteiger partial charge < -0.3 is 10.1 Å². The average molecular weight is 293 g/mol. The number of fused-ring (bicyclic) bond motifs is 1. The maximum absolute atomic E-state index is 12.3. The molecule has 112 valence electrons. The molecular weight excluding hydrogens is 278 g/mol. The third-order valence-electron chi connectivity index (χ3n) is 3.21. The van der Waals surface area contributed by atoms with E-state index in [-0.39, 0.29) is 29.7 Å². The summed E-state index contributed by atoms with van der Waals surface area (Å²) < 4.78 is 5.53. The topological polar surface area (TPSA) is 102 Å². The Balaban J connectivity index is 2.46. The Morgan fingerprint density at radius 1 is 1.52 bits per heavy atom. The van der Waals surface area contributed by atoms with Gasteiger partial charge in [0.05, 0.1) is 10.6 Å². The minimum atomic E-state index is -0.691. The largest absolute Gasteiger partial charge is 0.478 e. The van der Waals surface area contributed by atoms with Crippen molar-refractivity contribution in [3.8, 4) is 5.75 Å². The number of nitrogens with zero attached hydrogens (tertiary/aromatic N) is 2. The number of non-ortho nitro benzene ring substituents is 1. The van der Waals surface area contributed by atoms with Crippen LogP contribution in [0.3, 0.4) is 0 Å². The van der Waals surface area contributed by atoms with Crippen molar-refractivity contribution in [1.82, 2.24) is 5.32 Å². The molecule has 1 aromatic carbocycles. The number of amides is 2. The zero-order valence-electron chi connectivity index (χ0n) is 11.7. The lowest BCUT2D eigenvalue weighted by Crippen LogP contribution is -2.49. The number of likely N-dealkylation sites (N-methyl/N-ethyl adjacent to an activating group) is 1. The predicted molar refractivity (Wildman–Crippen MR) is 74.2 cm³/mol. The molecule has 0 bridgehead atoms. The Hall–Kier alpha value is -2.64. The highest BCUT2D eigenvalue weighted by atomic mass is 16.6. The molecule has 1 unspecified atom stereocenters. The second kappa shape index (κ2) is 5.78. The summed E-state index contributed by atoms with van der Waals surface area (Å²) in [6, 6.07) is 3.99. The van der Waals surface area contributed by atoms with Gasteiger partial charge in [0.1, 0.15) is 12.3 Å². The molecule has 2 amide bonds. The Morgan fingerprint density at radius 2 is 2.24 bits per heavy atom. The molecule has 1 atom stereocenters. The lowest BCUT2D eigenvalue weighted by molar-refractivity contribution is -0.384. The molecule has 0 spiro atoms. The minimum absolute atomic E-state index is 0.165. The molecule has 1 heterocycles. The fraction of sp³-hybridized carbons (Fsp3) is 0.385. The summed E-state index contributed by atoms with van der Waals surface area (Å²) in [5.41, 5.74) is 0.0736. The molecule has 8 nitrogen and oxygen atoms in total. The van der Waals surface area contributed by atoms with Crippen molar-refractivity contribution >= 4 is 23.2 Å². The number of hydrogen-bond donors (Lipinski definition) is 1. The van der Waals surface area contributed by atoms with E-state index in [4.69, 9.17) is 4.74 Å². The molecule has 8 heteroatoms. The smallest absolute Gasteiger partial charge is 0.271 e. The van der Waals surface area contributed by atoms with Crippen LogP contribution in [0.5, 0.6) is 5.75 Å². The number of hydrogen-bond acceptors (Lipinski definition) is 5. The van der Waals surface area contributed by atoms with Gasteiger partial charge in [-0.2, -0.15) is 0 Å². The molecule has 1 N–H and O–H groups in total. The average Bonchev–Trinajstić information content (AvgIpc) is 2.48. The van der Waals surface area contributed by atoms with Gasteiger partial charge in [-0.05, 0) is 12.5 Å². The third kappa shape index (κ3) is 2.78. The van der Waals surface area contributed by atoms with Gasteiger partial charge in [-0.3, -0.25) is 24.6 Å². The van der Waals surface area contributed by atoms with Crippen LogP contribution in [0, 0.1) is 10.1 Å². The van der Waals surface area contributed by atoms with Gasteiger partial charge >= 0.3 is 0 Å². The first-order valence-corrected chi connectivity index (χ1v) is 6.45. The predicted octanol–water partition coefficient (Wildman–Crippen LogP) is 0.845. The van der Waals surface area contributed by atoms with E-state index >= 15 is 0 Å². The molecule has 0 radical (unpaired) electrons. The van der Waals surface area contributed by atoms with E-state index in [0.717, 1.165) is 0 Å². The number of nitrogens with one attached hydrogen (secondary N) is 1. The van der Waals surface area contributed by atoms with Crippen LogP contribution in [0.25, 0.3) is 0 Å². The van der Waals surface area contributed by atoms with Crippen LogP contribution in [0.2, 0.25) is 0 Å². The molecule has 0 saturated heterocycles. The maximum Gasteiger partial charge on any atom is 0.271 e. The van der Waals surface area contributed by atoms with Crippen LogP contribution in [0.1, 0.15) is 13.3 Å². The number of benzene rings is 1. The van der Waals surface area contributed by atoms with Crippen LogP contribution in [0.4, 0.5) is 11.4 Å². The van der Waals surface area contributed by atoms with Crippen molar-refractivity contribution in [2.45, 2.75) is 19.4 Å². The monoisotopic (exact) mass is 293 g/mol. The molecule has 2 rings (SSSR count). The Bertz CT molecular complexity index is 601. The molecular formula is C13H15N3O5. The van der Waals surface area contributed by atoms with Crippen LogP contribution in [0.15, 0.2) is 18.2 Å². The van der Waals surface area contributed by atoms with Gasteiger partial charge in [0, 0.05) is 19.2 Å². The summed E-state index contributed by atoms with van der Waals surface area (Å²) in [7, 11) is 1.46. The quantitative estimate of drug-likeness (QED) is 0.655. The molecule has 1 aliphatic rings. The molecule has 0 aliphatic carbocycles. The Labute approximate surface area is 120 Å². The van der Waals surface area contributed by atoms with E-state index < -0.39 is 11.0 Å². The zero-order chi connectivity index (χ0) is 15.6. The third-order valence-corrected chi connectivity index (χ3v) is 3.21. The number of nitro groups is 1. The highest BCUT2D eigenvalue weighted by molar-refractivity contribution is 6.04. The van der Waals surface area contributed by atoms with Gasteiger partial charge in [0.25, 0.3) is 11.6 Å². The first kappa shape index (κ1) is 14.8. The van der Waals surface area contributed by atoms with E-state index in [1.165, 1.54) is 30.1 Å².